The van der Waals surface area contributed by atoms with Gasteiger partial charge in [-0.3, -0.25) is 4.79 Å². The van der Waals surface area contributed by atoms with E-state index in [-0.39, 0.29) is 18.4 Å². The SMILES string of the molecule is O=C(Cc1ccc(CO)cc1)NCCC(c1ccccc1)c1ccco1. The molecule has 0 aliphatic heterocycles. The first-order chi connectivity index (χ1) is 12.8. The number of carbonyl (C=O) groups excluding carboxylic acids is 1. The average Bonchev–Trinajstić information content (AvgIpc) is 3.21. The Bertz CT molecular complexity index is 795. The molecule has 1 atom stereocenters. The summed E-state index contributed by atoms with van der Waals surface area (Å²) >= 11 is 0. The number of hydrogen-bond acceptors (Lipinski definition) is 3. The van der Waals surface area contributed by atoms with Crippen LogP contribution in [0, 0.1) is 0 Å². The van der Waals surface area contributed by atoms with E-state index >= 15 is 0 Å². The average molecular weight is 349 g/mol. The van der Waals surface area contributed by atoms with Crippen molar-refractivity contribution in [2.75, 3.05) is 6.54 Å². The third-order valence-electron chi connectivity index (χ3n) is 4.41. The van der Waals surface area contributed by atoms with Gasteiger partial charge in [-0.2, -0.15) is 0 Å². The van der Waals surface area contributed by atoms with Gasteiger partial charge in [-0.25, -0.2) is 0 Å². The second kappa shape index (κ2) is 9.02. The van der Waals surface area contributed by atoms with Gasteiger partial charge in [0.15, 0.2) is 0 Å². The fraction of sp³-hybridized carbons (Fsp3) is 0.227. The number of benzene rings is 2. The Morgan fingerprint density at radius 3 is 2.35 bits per heavy atom. The van der Waals surface area contributed by atoms with Gasteiger partial charge in [0.2, 0.25) is 5.91 Å². The smallest absolute Gasteiger partial charge is 0.224 e. The highest BCUT2D eigenvalue weighted by molar-refractivity contribution is 5.78. The molecule has 1 unspecified atom stereocenters. The quantitative estimate of drug-likeness (QED) is 0.652. The molecule has 4 heteroatoms. The van der Waals surface area contributed by atoms with Crippen molar-refractivity contribution >= 4 is 5.91 Å². The highest BCUT2D eigenvalue weighted by atomic mass is 16.3. The van der Waals surface area contributed by atoms with Gasteiger partial charge in [-0.05, 0) is 35.2 Å². The van der Waals surface area contributed by atoms with Gasteiger partial charge in [0.1, 0.15) is 5.76 Å². The minimum atomic E-state index is -0.00648. The van der Waals surface area contributed by atoms with Crippen LogP contribution in [0.2, 0.25) is 0 Å². The minimum absolute atomic E-state index is 0.00648. The summed E-state index contributed by atoms with van der Waals surface area (Å²) in [7, 11) is 0. The molecule has 2 aromatic carbocycles. The molecule has 4 nitrogen and oxygen atoms in total. The molecule has 3 aromatic rings. The Morgan fingerprint density at radius 2 is 1.69 bits per heavy atom. The largest absolute Gasteiger partial charge is 0.469 e. The Morgan fingerprint density at radius 1 is 0.962 bits per heavy atom. The Hall–Kier alpha value is -2.85. The first-order valence-corrected chi connectivity index (χ1v) is 8.80. The van der Waals surface area contributed by atoms with Crippen molar-refractivity contribution in [1.82, 2.24) is 5.32 Å². The van der Waals surface area contributed by atoms with E-state index in [9.17, 15) is 4.79 Å². The number of amides is 1. The monoisotopic (exact) mass is 349 g/mol. The molecule has 0 aliphatic carbocycles. The molecule has 1 amide bonds. The van der Waals surface area contributed by atoms with Crippen molar-refractivity contribution in [3.05, 3.63) is 95.4 Å². The number of carbonyl (C=O) groups is 1. The van der Waals surface area contributed by atoms with Crippen molar-refractivity contribution < 1.29 is 14.3 Å². The van der Waals surface area contributed by atoms with Crippen LogP contribution >= 0.6 is 0 Å². The van der Waals surface area contributed by atoms with E-state index in [1.54, 1.807) is 6.26 Å². The topological polar surface area (TPSA) is 62.5 Å². The lowest BCUT2D eigenvalue weighted by Crippen LogP contribution is -2.27. The van der Waals surface area contributed by atoms with Crippen LogP contribution in [-0.4, -0.2) is 17.6 Å². The fourth-order valence-electron chi connectivity index (χ4n) is 3.01. The van der Waals surface area contributed by atoms with Crippen LogP contribution < -0.4 is 5.32 Å². The van der Waals surface area contributed by atoms with Crippen molar-refractivity contribution in [1.29, 1.82) is 0 Å². The van der Waals surface area contributed by atoms with E-state index in [0.717, 1.165) is 23.3 Å². The molecule has 1 heterocycles. The normalized spacial score (nSPS) is 11.9. The van der Waals surface area contributed by atoms with Crippen molar-refractivity contribution in [2.45, 2.75) is 25.4 Å². The second-order valence-corrected chi connectivity index (χ2v) is 6.27. The molecule has 3 rings (SSSR count). The molecule has 0 aliphatic rings. The summed E-state index contributed by atoms with van der Waals surface area (Å²) in [5.74, 6) is 1.02. The highest BCUT2D eigenvalue weighted by Gasteiger charge is 2.17. The molecule has 1 aromatic heterocycles. The van der Waals surface area contributed by atoms with Crippen LogP contribution in [0.15, 0.2) is 77.4 Å². The standard InChI is InChI=1S/C22H23NO3/c24-16-18-10-8-17(9-11-18)15-22(25)23-13-12-20(21-7-4-14-26-21)19-5-2-1-3-6-19/h1-11,14,20,24H,12-13,15-16H2,(H,23,25). The summed E-state index contributed by atoms with van der Waals surface area (Å²) in [6.07, 6.45) is 2.79. The summed E-state index contributed by atoms with van der Waals surface area (Å²) in [6, 6.07) is 21.5. The van der Waals surface area contributed by atoms with Gasteiger partial charge in [0.25, 0.3) is 0 Å². The number of rotatable bonds is 8. The highest BCUT2D eigenvalue weighted by Crippen LogP contribution is 2.27. The van der Waals surface area contributed by atoms with Crippen molar-refractivity contribution in [3.8, 4) is 0 Å². The van der Waals surface area contributed by atoms with E-state index in [4.69, 9.17) is 9.52 Å². The molecular formula is C22H23NO3. The first-order valence-electron chi connectivity index (χ1n) is 8.80. The first kappa shape index (κ1) is 18.0. The molecule has 0 bridgehead atoms. The maximum atomic E-state index is 12.2. The van der Waals surface area contributed by atoms with Gasteiger partial charge in [-0.15, -0.1) is 0 Å². The van der Waals surface area contributed by atoms with Crippen LogP contribution in [0.25, 0.3) is 0 Å². The van der Waals surface area contributed by atoms with Crippen LogP contribution in [0.5, 0.6) is 0 Å². The Kier molecular flexibility index (Phi) is 6.23. The van der Waals surface area contributed by atoms with E-state index in [1.165, 1.54) is 5.56 Å². The fourth-order valence-corrected chi connectivity index (χ4v) is 3.01. The Balaban J connectivity index is 1.55. The molecule has 26 heavy (non-hydrogen) atoms. The Labute approximate surface area is 153 Å². The zero-order valence-corrected chi connectivity index (χ0v) is 14.6. The lowest BCUT2D eigenvalue weighted by atomic mass is 9.93. The lowest BCUT2D eigenvalue weighted by molar-refractivity contribution is -0.120. The van der Waals surface area contributed by atoms with E-state index in [2.05, 4.69) is 17.4 Å². The van der Waals surface area contributed by atoms with Crippen LogP contribution in [0.4, 0.5) is 0 Å². The molecule has 0 saturated heterocycles. The summed E-state index contributed by atoms with van der Waals surface area (Å²) in [5, 5.41) is 12.1. The van der Waals surface area contributed by atoms with Gasteiger partial charge < -0.3 is 14.8 Å². The van der Waals surface area contributed by atoms with Crippen molar-refractivity contribution in [3.63, 3.8) is 0 Å². The zero-order chi connectivity index (χ0) is 18.2. The number of furan rings is 1. The number of hydrogen-bond donors (Lipinski definition) is 2. The molecule has 0 saturated carbocycles. The summed E-state index contributed by atoms with van der Waals surface area (Å²) in [5.41, 5.74) is 2.96. The maximum Gasteiger partial charge on any atom is 0.224 e. The minimum Gasteiger partial charge on any atom is -0.469 e. The predicted octanol–water partition coefficient (Wildman–Crippen LogP) is 3.65. The number of aliphatic hydroxyl groups excluding tert-OH is 1. The summed E-state index contributed by atoms with van der Waals surface area (Å²) in [4.78, 5) is 12.2. The molecule has 0 radical (unpaired) electrons. The molecule has 2 N–H and O–H groups in total. The van der Waals surface area contributed by atoms with E-state index in [1.807, 2.05) is 54.6 Å². The van der Waals surface area contributed by atoms with Gasteiger partial charge in [0, 0.05) is 12.5 Å². The third kappa shape index (κ3) is 4.83. The lowest BCUT2D eigenvalue weighted by Gasteiger charge is -2.15. The molecule has 0 spiro atoms. The maximum absolute atomic E-state index is 12.2. The van der Waals surface area contributed by atoms with Gasteiger partial charge in [0.05, 0.1) is 19.3 Å². The summed E-state index contributed by atoms with van der Waals surface area (Å²) in [6.45, 7) is 0.591. The second-order valence-electron chi connectivity index (χ2n) is 6.27. The van der Waals surface area contributed by atoms with Crippen molar-refractivity contribution in [2.24, 2.45) is 0 Å². The number of nitrogens with one attached hydrogen (secondary N) is 1. The van der Waals surface area contributed by atoms with Crippen LogP contribution in [-0.2, 0) is 17.8 Å². The predicted molar refractivity (Wildman–Crippen MR) is 101 cm³/mol. The number of aliphatic hydroxyl groups is 1. The molecule has 134 valence electrons. The zero-order valence-electron chi connectivity index (χ0n) is 14.6. The molecular weight excluding hydrogens is 326 g/mol. The third-order valence-corrected chi connectivity index (χ3v) is 4.41. The van der Waals surface area contributed by atoms with Crippen LogP contribution in [0.3, 0.4) is 0 Å². The summed E-state index contributed by atoms with van der Waals surface area (Å²) < 4.78 is 5.59. The van der Waals surface area contributed by atoms with Crippen LogP contribution in [0.1, 0.15) is 34.8 Å². The van der Waals surface area contributed by atoms with E-state index < -0.39 is 0 Å². The van der Waals surface area contributed by atoms with Gasteiger partial charge in [-0.1, -0.05) is 54.6 Å². The van der Waals surface area contributed by atoms with Gasteiger partial charge >= 0.3 is 0 Å². The molecule has 0 fully saturated rings. The van der Waals surface area contributed by atoms with E-state index in [0.29, 0.717) is 13.0 Å².